The fourth-order valence-electron chi connectivity index (χ4n) is 2.53. The lowest BCUT2D eigenvalue weighted by Crippen LogP contribution is -2.20. The van der Waals surface area contributed by atoms with E-state index in [1.807, 2.05) is 74.5 Å². The van der Waals surface area contributed by atoms with Gasteiger partial charge < -0.3 is 14.8 Å². The zero-order valence-electron chi connectivity index (χ0n) is 14.9. The largest absolute Gasteiger partial charge is 0.483 e. The van der Waals surface area contributed by atoms with E-state index in [0.29, 0.717) is 11.4 Å². The number of nitrogens with one attached hydrogen (secondary N) is 1. The van der Waals surface area contributed by atoms with Gasteiger partial charge in [-0.05, 0) is 61.9 Å². The molecule has 0 radical (unpaired) electrons. The Labute approximate surface area is 153 Å². The highest BCUT2D eigenvalue weighted by Crippen LogP contribution is 2.23. The van der Waals surface area contributed by atoms with Crippen LogP contribution in [0.15, 0.2) is 72.8 Å². The van der Waals surface area contributed by atoms with E-state index in [1.165, 1.54) is 0 Å². The van der Waals surface area contributed by atoms with Gasteiger partial charge in [-0.1, -0.05) is 35.9 Å². The lowest BCUT2D eigenvalue weighted by molar-refractivity contribution is -0.118. The summed E-state index contributed by atoms with van der Waals surface area (Å²) in [6, 6.07) is 22.6. The summed E-state index contributed by atoms with van der Waals surface area (Å²) in [4.78, 5) is 12.1. The predicted molar refractivity (Wildman–Crippen MR) is 103 cm³/mol. The zero-order chi connectivity index (χ0) is 18.4. The van der Waals surface area contributed by atoms with Crippen LogP contribution in [0.4, 0.5) is 5.69 Å². The van der Waals surface area contributed by atoms with Crippen molar-refractivity contribution < 1.29 is 14.3 Å². The molecular weight excluding hydrogens is 326 g/mol. The Morgan fingerprint density at radius 3 is 2.27 bits per heavy atom. The SMILES string of the molecule is Cc1ccc(OCC(=O)Nc2ccc(Oc3ccccc3)cc2)c(C)c1. The zero-order valence-corrected chi connectivity index (χ0v) is 14.9. The second-order valence-electron chi connectivity index (χ2n) is 6.05. The minimum atomic E-state index is -0.207. The van der Waals surface area contributed by atoms with Crippen LogP contribution in [-0.2, 0) is 4.79 Å². The molecule has 0 unspecified atom stereocenters. The highest BCUT2D eigenvalue weighted by Gasteiger charge is 2.06. The summed E-state index contributed by atoms with van der Waals surface area (Å²) in [5.74, 6) is 1.99. The molecule has 3 rings (SSSR count). The van der Waals surface area contributed by atoms with Crippen molar-refractivity contribution in [3.05, 3.63) is 83.9 Å². The van der Waals surface area contributed by atoms with E-state index in [2.05, 4.69) is 5.32 Å². The maximum atomic E-state index is 12.1. The number of ether oxygens (including phenoxy) is 2. The molecule has 0 fully saturated rings. The Morgan fingerprint density at radius 2 is 1.58 bits per heavy atom. The molecule has 3 aromatic rings. The van der Waals surface area contributed by atoms with Gasteiger partial charge in [-0.2, -0.15) is 0 Å². The first kappa shape index (κ1) is 17.5. The lowest BCUT2D eigenvalue weighted by atomic mass is 10.1. The molecule has 0 atom stereocenters. The molecule has 0 saturated heterocycles. The molecule has 0 saturated carbocycles. The van der Waals surface area contributed by atoms with Crippen LogP contribution in [0.25, 0.3) is 0 Å². The van der Waals surface area contributed by atoms with Crippen LogP contribution in [-0.4, -0.2) is 12.5 Å². The Balaban J connectivity index is 1.52. The molecule has 0 aliphatic rings. The van der Waals surface area contributed by atoms with Crippen LogP contribution in [0.3, 0.4) is 0 Å². The smallest absolute Gasteiger partial charge is 0.262 e. The molecule has 4 nitrogen and oxygen atoms in total. The summed E-state index contributed by atoms with van der Waals surface area (Å²) >= 11 is 0. The number of carbonyl (C=O) groups is 1. The van der Waals surface area contributed by atoms with Gasteiger partial charge in [0, 0.05) is 5.69 Å². The Morgan fingerprint density at radius 1 is 0.885 bits per heavy atom. The summed E-state index contributed by atoms with van der Waals surface area (Å²) in [5.41, 5.74) is 2.87. The third kappa shape index (κ3) is 4.86. The van der Waals surface area contributed by atoms with E-state index in [9.17, 15) is 4.79 Å². The van der Waals surface area contributed by atoms with E-state index in [4.69, 9.17) is 9.47 Å². The Kier molecular flexibility index (Phi) is 5.54. The summed E-state index contributed by atoms with van der Waals surface area (Å²) in [6.45, 7) is 3.95. The highest BCUT2D eigenvalue weighted by atomic mass is 16.5. The van der Waals surface area contributed by atoms with Crippen LogP contribution in [0.5, 0.6) is 17.2 Å². The minimum absolute atomic E-state index is 0.0355. The number of carbonyl (C=O) groups excluding carboxylic acids is 1. The van der Waals surface area contributed by atoms with Gasteiger partial charge in [0.05, 0.1) is 0 Å². The van der Waals surface area contributed by atoms with Gasteiger partial charge >= 0.3 is 0 Å². The quantitative estimate of drug-likeness (QED) is 0.674. The van der Waals surface area contributed by atoms with Gasteiger partial charge in [0.25, 0.3) is 5.91 Å². The van der Waals surface area contributed by atoms with Crippen LogP contribution in [0.2, 0.25) is 0 Å². The third-order valence-corrected chi connectivity index (χ3v) is 3.81. The molecule has 0 aliphatic heterocycles. The number of anilines is 1. The Bertz CT molecular complexity index is 874. The number of aryl methyl sites for hydroxylation is 2. The van der Waals surface area contributed by atoms with E-state index < -0.39 is 0 Å². The number of amides is 1. The second-order valence-corrected chi connectivity index (χ2v) is 6.05. The van der Waals surface area contributed by atoms with Gasteiger partial charge in [-0.15, -0.1) is 0 Å². The van der Waals surface area contributed by atoms with Crippen LogP contribution >= 0.6 is 0 Å². The molecule has 0 spiro atoms. The van der Waals surface area contributed by atoms with Crippen LogP contribution < -0.4 is 14.8 Å². The molecule has 132 valence electrons. The van der Waals surface area contributed by atoms with E-state index in [0.717, 1.165) is 22.6 Å². The average Bonchev–Trinajstić information content (AvgIpc) is 2.63. The van der Waals surface area contributed by atoms with Crippen molar-refractivity contribution in [1.29, 1.82) is 0 Å². The molecule has 0 aliphatic carbocycles. The number of benzene rings is 3. The molecular formula is C22H21NO3. The lowest BCUT2D eigenvalue weighted by Gasteiger charge is -2.11. The van der Waals surface area contributed by atoms with E-state index in [1.54, 1.807) is 12.1 Å². The van der Waals surface area contributed by atoms with Crippen molar-refractivity contribution in [1.82, 2.24) is 0 Å². The van der Waals surface area contributed by atoms with Gasteiger partial charge in [0.15, 0.2) is 6.61 Å². The predicted octanol–water partition coefficient (Wildman–Crippen LogP) is 5.11. The number of rotatable bonds is 6. The van der Waals surface area contributed by atoms with Gasteiger partial charge in [0.1, 0.15) is 17.2 Å². The minimum Gasteiger partial charge on any atom is -0.483 e. The normalized spacial score (nSPS) is 10.2. The fourth-order valence-corrected chi connectivity index (χ4v) is 2.53. The molecule has 1 amide bonds. The summed E-state index contributed by atoms with van der Waals surface area (Å²) in [7, 11) is 0. The Hall–Kier alpha value is -3.27. The highest BCUT2D eigenvalue weighted by molar-refractivity contribution is 5.91. The molecule has 3 aromatic carbocycles. The number of hydrogen-bond acceptors (Lipinski definition) is 3. The first-order valence-corrected chi connectivity index (χ1v) is 8.43. The summed E-state index contributed by atoms with van der Waals surface area (Å²) < 4.78 is 11.3. The van der Waals surface area contributed by atoms with Crippen LogP contribution in [0, 0.1) is 13.8 Å². The van der Waals surface area contributed by atoms with Crippen molar-refractivity contribution in [2.45, 2.75) is 13.8 Å². The first-order chi connectivity index (χ1) is 12.6. The molecule has 0 heterocycles. The van der Waals surface area contributed by atoms with E-state index in [-0.39, 0.29) is 12.5 Å². The van der Waals surface area contributed by atoms with Crippen molar-refractivity contribution >= 4 is 11.6 Å². The molecule has 4 heteroatoms. The maximum absolute atomic E-state index is 12.1. The van der Waals surface area contributed by atoms with Crippen LogP contribution in [0.1, 0.15) is 11.1 Å². The average molecular weight is 347 g/mol. The van der Waals surface area contributed by atoms with Gasteiger partial charge in [0.2, 0.25) is 0 Å². The van der Waals surface area contributed by atoms with Gasteiger partial charge in [-0.3, -0.25) is 4.79 Å². The number of hydrogen-bond donors (Lipinski definition) is 1. The van der Waals surface area contributed by atoms with Crippen molar-refractivity contribution in [3.8, 4) is 17.2 Å². The van der Waals surface area contributed by atoms with Crippen molar-refractivity contribution in [2.24, 2.45) is 0 Å². The third-order valence-electron chi connectivity index (χ3n) is 3.81. The monoisotopic (exact) mass is 347 g/mol. The fraction of sp³-hybridized carbons (Fsp3) is 0.136. The maximum Gasteiger partial charge on any atom is 0.262 e. The molecule has 26 heavy (non-hydrogen) atoms. The first-order valence-electron chi connectivity index (χ1n) is 8.43. The van der Waals surface area contributed by atoms with Gasteiger partial charge in [-0.25, -0.2) is 0 Å². The topological polar surface area (TPSA) is 47.6 Å². The van der Waals surface area contributed by atoms with Crippen molar-refractivity contribution in [2.75, 3.05) is 11.9 Å². The number of para-hydroxylation sites is 1. The molecule has 0 aromatic heterocycles. The molecule has 0 bridgehead atoms. The molecule has 1 N–H and O–H groups in total. The summed E-state index contributed by atoms with van der Waals surface area (Å²) in [5, 5.41) is 2.81. The van der Waals surface area contributed by atoms with E-state index >= 15 is 0 Å². The van der Waals surface area contributed by atoms with Crippen molar-refractivity contribution in [3.63, 3.8) is 0 Å². The summed E-state index contributed by atoms with van der Waals surface area (Å²) in [6.07, 6.45) is 0. The standard InChI is InChI=1S/C22H21NO3/c1-16-8-13-21(17(2)14-16)25-15-22(24)23-18-9-11-20(12-10-18)26-19-6-4-3-5-7-19/h3-14H,15H2,1-2H3,(H,23,24). The second kappa shape index (κ2) is 8.21.